The van der Waals surface area contributed by atoms with Crippen LogP contribution in [0.3, 0.4) is 0 Å². The summed E-state index contributed by atoms with van der Waals surface area (Å²) in [5.41, 5.74) is -4.83. The monoisotopic (exact) mass is 876 g/mol. The molecule has 28 heteroatoms. The molecule has 54 heavy (non-hydrogen) atoms. The molecule has 0 bridgehead atoms. The van der Waals surface area contributed by atoms with Crippen molar-refractivity contribution < 1.29 is 114 Å². The predicted molar refractivity (Wildman–Crippen MR) is 134 cm³/mol. The number of alkyl halides is 26. The molecule has 0 nitrogen and oxygen atoms in total. The number of fused-ring (bicyclic) bond motifs is 5. The molecule has 0 saturated carbocycles. The molecule has 2 aromatic carbocycles. The average molecular weight is 876 g/mol. The van der Waals surface area contributed by atoms with E-state index in [1.165, 1.54) is 0 Å². The van der Waals surface area contributed by atoms with Crippen LogP contribution < -0.4 is 0 Å². The minimum Gasteiger partial charge on any atom is -0.194 e. The van der Waals surface area contributed by atoms with E-state index in [0.29, 0.717) is 0 Å². The number of hydrogen-bond acceptors (Lipinski definition) is 2. The van der Waals surface area contributed by atoms with Gasteiger partial charge in [-0.05, 0) is 12.1 Å². The minimum atomic E-state index is -8.20. The zero-order chi connectivity index (χ0) is 42.3. The van der Waals surface area contributed by atoms with Crippen molar-refractivity contribution in [2.75, 3.05) is 0 Å². The van der Waals surface area contributed by atoms with Crippen LogP contribution in [-0.4, -0.2) is 59.7 Å². The van der Waals surface area contributed by atoms with E-state index >= 15 is 0 Å². The van der Waals surface area contributed by atoms with Gasteiger partial charge in [0.15, 0.2) is 0 Å². The summed E-state index contributed by atoms with van der Waals surface area (Å²) in [5.74, 6) is -77.5. The molecule has 2 aromatic heterocycles. The van der Waals surface area contributed by atoms with Crippen molar-refractivity contribution in [3.8, 4) is 0 Å². The molecule has 0 N–H and O–H groups in total. The Kier molecular flexibility index (Phi) is 9.41. The molecular formula is C26H6F26S2. The summed E-state index contributed by atoms with van der Waals surface area (Å²) < 4.78 is 351. The molecule has 2 heterocycles. The molecule has 0 radical (unpaired) electrons. The molecule has 0 aliphatic heterocycles. The van der Waals surface area contributed by atoms with Crippen molar-refractivity contribution in [2.45, 2.75) is 71.6 Å². The Morgan fingerprint density at radius 2 is 0.537 bits per heavy atom. The predicted octanol–water partition coefficient (Wildman–Crippen LogP) is 13.7. The van der Waals surface area contributed by atoms with Gasteiger partial charge in [-0.25, -0.2) is 0 Å². The van der Waals surface area contributed by atoms with Gasteiger partial charge in [0.1, 0.15) is 0 Å². The van der Waals surface area contributed by atoms with Crippen LogP contribution in [-0.2, 0) is 11.8 Å². The second-order valence-electron chi connectivity index (χ2n) is 11.0. The summed E-state index contributed by atoms with van der Waals surface area (Å²) in [6.07, 6.45) is -15.3. The summed E-state index contributed by atoms with van der Waals surface area (Å²) >= 11 is 0.148. The third-order valence-corrected chi connectivity index (χ3v) is 10.2. The molecule has 0 fully saturated rings. The molecule has 0 saturated heterocycles. The van der Waals surface area contributed by atoms with E-state index in [0.717, 1.165) is 0 Å². The van der Waals surface area contributed by atoms with E-state index in [-0.39, 0.29) is 59.1 Å². The first-order valence-electron chi connectivity index (χ1n) is 13.0. The van der Waals surface area contributed by atoms with Gasteiger partial charge in [-0.3, -0.25) is 0 Å². The Bertz CT molecular complexity index is 1930. The van der Waals surface area contributed by atoms with Gasteiger partial charge in [-0.2, -0.15) is 114 Å². The molecule has 0 spiro atoms. The molecule has 4 aromatic rings. The first-order chi connectivity index (χ1) is 23.6. The van der Waals surface area contributed by atoms with Crippen molar-refractivity contribution in [2.24, 2.45) is 0 Å². The fourth-order valence-electron chi connectivity index (χ4n) is 4.55. The van der Waals surface area contributed by atoms with Gasteiger partial charge < -0.3 is 0 Å². The number of hydrogen-bond donors (Lipinski definition) is 0. The highest BCUT2D eigenvalue weighted by molar-refractivity contribution is 7.36. The second kappa shape index (κ2) is 11.7. The lowest BCUT2D eigenvalue weighted by Gasteiger charge is -2.39. The van der Waals surface area contributed by atoms with Crippen LogP contribution in [0.5, 0.6) is 0 Å². The fourth-order valence-corrected chi connectivity index (χ4v) is 7.28. The SMILES string of the molecule is FC(F)(F)C(F)(F)C(F)(F)C(F)(F)C(F)(F)C(F)(F)c1ccc2c(c1)sc1c3ccc(C(F)(F)C(F)(F)C(F)(F)C(F)(F)C(F)(F)C(F)(F)F)cc3sc21. The van der Waals surface area contributed by atoms with Gasteiger partial charge in [-0.1, -0.05) is 24.3 Å². The lowest BCUT2D eigenvalue weighted by atomic mass is 9.90. The van der Waals surface area contributed by atoms with Crippen LogP contribution in [0.1, 0.15) is 11.1 Å². The summed E-state index contributed by atoms with van der Waals surface area (Å²) in [7, 11) is 0. The van der Waals surface area contributed by atoms with Crippen LogP contribution in [0.4, 0.5) is 114 Å². The highest BCUT2D eigenvalue weighted by Crippen LogP contribution is 2.64. The zero-order valence-electron chi connectivity index (χ0n) is 24.1. The Hall–Kier alpha value is -3.20. The molecular weight excluding hydrogens is 870 g/mol. The van der Waals surface area contributed by atoms with Gasteiger partial charge >= 0.3 is 71.6 Å². The minimum absolute atomic E-state index is 0.0740. The standard InChI is InChI=1S/C26H6F26S2/c27-15(28,17(31,32)19(35,36)21(39,40)23(43,44)25(47,48)49)7-1-3-9-11(5-7)53-14-10-4-2-8(6-12(10)54-13(9)14)16(29,30)18(33,34)20(37,38)22(41,42)24(45,46)26(50,51)52/h1-6H. The lowest BCUT2D eigenvalue weighted by Crippen LogP contribution is -2.69. The Morgan fingerprint density at radius 1 is 0.296 bits per heavy atom. The zero-order valence-corrected chi connectivity index (χ0v) is 25.7. The van der Waals surface area contributed by atoms with Crippen molar-refractivity contribution in [1.82, 2.24) is 0 Å². The summed E-state index contributed by atoms with van der Waals surface area (Å²) in [5, 5.41) is -1.03. The quantitative estimate of drug-likeness (QED) is 0.139. The maximum atomic E-state index is 14.7. The van der Waals surface area contributed by atoms with Gasteiger partial charge in [-0.15, -0.1) is 22.7 Å². The van der Waals surface area contributed by atoms with E-state index in [1.807, 2.05) is 0 Å². The van der Waals surface area contributed by atoms with Gasteiger partial charge in [0.25, 0.3) is 0 Å². The highest BCUT2D eigenvalue weighted by Gasteiger charge is 2.92. The molecule has 4 rings (SSSR count). The topological polar surface area (TPSA) is 0 Å². The molecule has 0 unspecified atom stereocenters. The second-order valence-corrected chi connectivity index (χ2v) is 13.1. The number of rotatable bonds is 10. The van der Waals surface area contributed by atoms with Crippen LogP contribution in [0.25, 0.3) is 29.6 Å². The normalized spacial score (nSPS) is 16.0. The van der Waals surface area contributed by atoms with Crippen LogP contribution in [0.15, 0.2) is 36.4 Å². The molecule has 0 amide bonds. The summed E-state index contributed by atoms with van der Waals surface area (Å²) in [6.45, 7) is 0. The Balaban J connectivity index is 1.79. The van der Waals surface area contributed by atoms with E-state index < -0.39 is 112 Å². The first-order valence-corrected chi connectivity index (χ1v) is 14.6. The first kappa shape index (κ1) is 43.5. The van der Waals surface area contributed by atoms with Crippen molar-refractivity contribution in [1.29, 1.82) is 0 Å². The van der Waals surface area contributed by atoms with Crippen LogP contribution >= 0.6 is 22.7 Å². The summed E-state index contributed by atoms with van der Waals surface area (Å²) in [4.78, 5) is 0. The van der Waals surface area contributed by atoms with Crippen LogP contribution in [0, 0.1) is 0 Å². The van der Waals surface area contributed by atoms with Crippen molar-refractivity contribution >= 4 is 52.2 Å². The molecule has 0 atom stereocenters. The van der Waals surface area contributed by atoms with Gasteiger partial charge in [0.05, 0.1) is 9.40 Å². The smallest absolute Gasteiger partial charge is 0.194 e. The number of benzene rings is 2. The van der Waals surface area contributed by atoms with Crippen molar-refractivity contribution in [3.63, 3.8) is 0 Å². The largest absolute Gasteiger partial charge is 0.460 e. The summed E-state index contributed by atoms with van der Waals surface area (Å²) in [6, 6.07) is -0.410. The molecule has 0 aliphatic carbocycles. The number of halogens is 26. The van der Waals surface area contributed by atoms with E-state index in [1.54, 1.807) is 0 Å². The fraction of sp³-hybridized carbons (Fsp3) is 0.462. The third-order valence-electron chi connectivity index (χ3n) is 7.67. The van der Waals surface area contributed by atoms with E-state index in [2.05, 4.69) is 0 Å². The molecule has 304 valence electrons. The van der Waals surface area contributed by atoms with E-state index in [4.69, 9.17) is 0 Å². The molecule has 0 aliphatic rings. The van der Waals surface area contributed by atoms with Crippen LogP contribution in [0.2, 0.25) is 0 Å². The Morgan fingerprint density at radius 3 is 0.778 bits per heavy atom. The van der Waals surface area contributed by atoms with E-state index in [9.17, 15) is 114 Å². The number of thiophene rings is 2. The maximum Gasteiger partial charge on any atom is 0.460 e. The third kappa shape index (κ3) is 5.32. The average Bonchev–Trinajstić information content (AvgIpc) is 3.54. The highest BCUT2D eigenvalue weighted by atomic mass is 32.1. The van der Waals surface area contributed by atoms with Gasteiger partial charge in [0.2, 0.25) is 0 Å². The lowest BCUT2D eigenvalue weighted by molar-refractivity contribution is -0.441. The van der Waals surface area contributed by atoms with Crippen molar-refractivity contribution in [3.05, 3.63) is 47.5 Å². The maximum absolute atomic E-state index is 14.7. The Labute approximate surface area is 285 Å². The van der Waals surface area contributed by atoms with Gasteiger partial charge in [0, 0.05) is 31.3 Å².